The Morgan fingerprint density at radius 2 is 1.90 bits per heavy atom. The van der Waals surface area contributed by atoms with Gasteiger partial charge in [0, 0.05) is 31.2 Å². The number of amides is 1. The molecule has 0 N–H and O–H groups in total. The molecule has 1 aromatic carbocycles. The summed E-state index contributed by atoms with van der Waals surface area (Å²) in [5.41, 5.74) is 0.939. The first-order valence-electron chi connectivity index (χ1n) is 6.51. The molecule has 1 aromatic heterocycles. The van der Waals surface area contributed by atoms with E-state index in [1.807, 2.05) is 12.1 Å². The second-order valence-corrected chi connectivity index (χ2v) is 5.54. The van der Waals surface area contributed by atoms with Crippen LogP contribution in [-0.2, 0) is 0 Å². The molecular formula is C13H13Cl2N5O. The second-order valence-electron chi connectivity index (χ2n) is 4.70. The third-order valence-corrected chi connectivity index (χ3v) is 3.96. The van der Waals surface area contributed by atoms with E-state index in [0.29, 0.717) is 36.2 Å². The summed E-state index contributed by atoms with van der Waals surface area (Å²) in [6.45, 7) is 2.64. The predicted molar refractivity (Wildman–Crippen MR) is 81.1 cm³/mol. The standard InChI is InChI=1S/C13H13Cl2N5O/c14-10-1-2-12(11(15)9-10)18-5-7-19(8-6-18)13(21)20-4-3-16-17-20/h1-4,9H,5-8H2. The van der Waals surface area contributed by atoms with Gasteiger partial charge in [0.2, 0.25) is 0 Å². The largest absolute Gasteiger partial charge is 0.367 e. The van der Waals surface area contributed by atoms with E-state index in [1.165, 1.54) is 10.9 Å². The van der Waals surface area contributed by atoms with E-state index < -0.39 is 0 Å². The van der Waals surface area contributed by atoms with Crippen LogP contribution in [0.2, 0.25) is 10.0 Å². The van der Waals surface area contributed by atoms with Gasteiger partial charge >= 0.3 is 6.03 Å². The highest BCUT2D eigenvalue weighted by Crippen LogP contribution is 2.29. The Kier molecular flexibility index (Phi) is 3.98. The van der Waals surface area contributed by atoms with Gasteiger partial charge in [-0.3, -0.25) is 0 Å². The van der Waals surface area contributed by atoms with Gasteiger partial charge in [0.25, 0.3) is 0 Å². The summed E-state index contributed by atoms with van der Waals surface area (Å²) in [4.78, 5) is 16.0. The lowest BCUT2D eigenvalue weighted by Crippen LogP contribution is -2.50. The zero-order valence-electron chi connectivity index (χ0n) is 11.1. The van der Waals surface area contributed by atoms with Crippen LogP contribution in [0.25, 0.3) is 0 Å². The van der Waals surface area contributed by atoms with Gasteiger partial charge in [-0.25, -0.2) is 4.79 Å². The summed E-state index contributed by atoms with van der Waals surface area (Å²) in [6, 6.07) is 5.29. The van der Waals surface area contributed by atoms with Crippen LogP contribution in [0, 0.1) is 0 Å². The van der Waals surface area contributed by atoms with Gasteiger partial charge in [0.15, 0.2) is 0 Å². The Hall–Kier alpha value is -1.79. The van der Waals surface area contributed by atoms with E-state index >= 15 is 0 Å². The highest BCUT2D eigenvalue weighted by Gasteiger charge is 2.23. The number of anilines is 1. The average molecular weight is 326 g/mol. The van der Waals surface area contributed by atoms with E-state index in [0.717, 1.165) is 5.69 Å². The maximum absolute atomic E-state index is 12.1. The van der Waals surface area contributed by atoms with Gasteiger partial charge < -0.3 is 9.80 Å². The van der Waals surface area contributed by atoms with E-state index in [2.05, 4.69) is 15.2 Å². The molecule has 0 spiro atoms. The van der Waals surface area contributed by atoms with Crippen molar-refractivity contribution < 1.29 is 4.79 Å². The smallest absolute Gasteiger partial charge is 0.346 e. The zero-order valence-corrected chi connectivity index (χ0v) is 12.6. The Morgan fingerprint density at radius 3 is 2.52 bits per heavy atom. The van der Waals surface area contributed by atoms with Crippen molar-refractivity contribution >= 4 is 34.9 Å². The Morgan fingerprint density at radius 1 is 1.14 bits per heavy atom. The quantitative estimate of drug-likeness (QED) is 0.807. The zero-order chi connectivity index (χ0) is 14.8. The van der Waals surface area contributed by atoms with E-state index in [4.69, 9.17) is 23.2 Å². The number of benzene rings is 1. The van der Waals surface area contributed by atoms with Crippen molar-refractivity contribution in [3.05, 3.63) is 40.6 Å². The van der Waals surface area contributed by atoms with Crippen LogP contribution in [0.1, 0.15) is 0 Å². The molecule has 1 aliphatic heterocycles. The number of piperazine rings is 1. The van der Waals surface area contributed by atoms with E-state index in [1.54, 1.807) is 17.2 Å². The Labute approximate surface area is 131 Å². The normalized spacial score (nSPS) is 15.3. The number of aromatic nitrogens is 3. The van der Waals surface area contributed by atoms with Crippen LogP contribution in [-0.4, -0.2) is 52.1 Å². The fourth-order valence-corrected chi connectivity index (χ4v) is 2.86. The molecule has 0 saturated carbocycles. The molecular weight excluding hydrogens is 313 g/mol. The Bertz CT molecular complexity index is 638. The molecule has 1 fully saturated rings. The summed E-state index contributed by atoms with van der Waals surface area (Å²) in [5.74, 6) is 0. The van der Waals surface area contributed by atoms with Gasteiger partial charge in [-0.2, -0.15) is 4.68 Å². The molecule has 3 rings (SSSR count). The van der Waals surface area contributed by atoms with Crippen LogP contribution in [0.4, 0.5) is 10.5 Å². The molecule has 0 unspecified atom stereocenters. The fraction of sp³-hybridized carbons (Fsp3) is 0.308. The third-order valence-electron chi connectivity index (χ3n) is 3.42. The first-order chi connectivity index (χ1) is 10.1. The maximum Gasteiger partial charge on any atom is 0.346 e. The summed E-state index contributed by atoms with van der Waals surface area (Å²) in [5, 5.41) is 8.60. The van der Waals surface area contributed by atoms with Gasteiger partial charge in [-0.15, -0.1) is 5.10 Å². The van der Waals surface area contributed by atoms with Gasteiger partial charge in [-0.1, -0.05) is 28.4 Å². The van der Waals surface area contributed by atoms with Gasteiger partial charge in [0.05, 0.1) is 23.1 Å². The number of carbonyl (C=O) groups is 1. The van der Waals surface area contributed by atoms with Crippen molar-refractivity contribution in [2.45, 2.75) is 0 Å². The lowest BCUT2D eigenvalue weighted by molar-refractivity contribution is 0.192. The van der Waals surface area contributed by atoms with Crippen LogP contribution < -0.4 is 4.90 Å². The summed E-state index contributed by atoms with van der Waals surface area (Å²) >= 11 is 12.1. The highest BCUT2D eigenvalue weighted by molar-refractivity contribution is 6.36. The highest BCUT2D eigenvalue weighted by atomic mass is 35.5. The minimum absolute atomic E-state index is 0.158. The number of nitrogens with zero attached hydrogens (tertiary/aromatic N) is 5. The van der Waals surface area contributed by atoms with E-state index in [9.17, 15) is 4.79 Å². The number of carbonyl (C=O) groups excluding carboxylic acids is 1. The van der Waals surface area contributed by atoms with Gasteiger partial charge in [0.1, 0.15) is 0 Å². The molecule has 110 valence electrons. The van der Waals surface area contributed by atoms with Crippen LogP contribution in [0.15, 0.2) is 30.6 Å². The molecule has 1 aliphatic rings. The summed E-state index contributed by atoms with van der Waals surface area (Å²) < 4.78 is 1.24. The van der Waals surface area contributed by atoms with Crippen molar-refractivity contribution in [1.29, 1.82) is 0 Å². The van der Waals surface area contributed by atoms with Crippen molar-refractivity contribution in [2.24, 2.45) is 0 Å². The van der Waals surface area contributed by atoms with E-state index in [-0.39, 0.29) is 6.03 Å². The molecule has 21 heavy (non-hydrogen) atoms. The number of halogens is 2. The van der Waals surface area contributed by atoms with Crippen molar-refractivity contribution in [3.8, 4) is 0 Å². The third kappa shape index (κ3) is 2.96. The Balaban J connectivity index is 1.66. The van der Waals surface area contributed by atoms with Crippen molar-refractivity contribution in [2.75, 3.05) is 31.1 Å². The fourth-order valence-electron chi connectivity index (χ4n) is 2.33. The van der Waals surface area contributed by atoms with Crippen LogP contribution in [0.3, 0.4) is 0 Å². The number of hydrogen-bond acceptors (Lipinski definition) is 4. The maximum atomic E-state index is 12.1. The first-order valence-corrected chi connectivity index (χ1v) is 7.26. The molecule has 6 nitrogen and oxygen atoms in total. The van der Waals surface area contributed by atoms with Crippen molar-refractivity contribution in [3.63, 3.8) is 0 Å². The molecule has 0 bridgehead atoms. The molecule has 1 saturated heterocycles. The minimum atomic E-state index is -0.158. The van der Waals surface area contributed by atoms with Crippen molar-refractivity contribution in [1.82, 2.24) is 19.9 Å². The molecule has 0 aliphatic carbocycles. The molecule has 1 amide bonds. The second kappa shape index (κ2) is 5.91. The first kappa shape index (κ1) is 14.2. The summed E-state index contributed by atoms with van der Waals surface area (Å²) in [6.07, 6.45) is 3.03. The predicted octanol–water partition coefficient (Wildman–Crippen LogP) is 2.38. The van der Waals surface area contributed by atoms with Crippen LogP contribution >= 0.6 is 23.2 Å². The van der Waals surface area contributed by atoms with Crippen LogP contribution in [0.5, 0.6) is 0 Å². The van der Waals surface area contributed by atoms with Gasteiger partial charge in [-0.05, 0) is 18.2 Å². The molecule has 0 radical (unpaired) electrons. The monoisotopic (exact) mass is 325 g/mol. The minimum Gasteiger partial charge on any atom is -0.367 e. The lowest BCUT2D eigenvalue weighted by atomic mass is 10.2. The molecule has 8 heteroatoms. The molecule has 0 atom stereocenters. The average Bonchev–Trinajstić information content (AvgIpc) is 3.01. The molecule has 2 heterocycles. The number of rotatable bonds is 1. The summed E-state index contributed by atoms with van der Waals surface area (Å²) in [7, 11) is 0. The lowest BCUT2D eigenvalue weighted by Gasteiger charge is -2.36. The molecule has 2 aromatic rings. The number of hydrogen-bond donors (Lipinski definition) is 0. The SMILES string of the molecule is O=C(N1CCN(c2ccc(Cl)cc2Cl)CC1)n1ccnn1. The topological polar surface area (TPSA) is 54.3 Å².